The fraction of sp³-hybridized carbons (Fsp3) is 0.650. The van der Waals surface area contributed by atoms with Crippen LogP contribution in [0.3, 0.4) is 0 Å². The van der Waals surface area contributed by atoms with Crippen molar-refractivity contribution in [1.29, 1.82) is 0 Å². The third kappa shape index (κ3) is 4.50. The number of fused-ring (bicyclic) bond motifs is 1. The first-order chi connectivity index (χ1) is 11.8. The van der Waals surface area contributed by atoms with E-state index < -0.39 is 0 Å². The second kappa shape index (κ2) is 8.52. The zero-order chi connectivity index (χ0) is 16.8. The fourth-order valence-corrected chi connectivity index (χ4v) is 4.18. The van der Waals surface area contributed by atoms with Gasteiger partial charge in [-0.05, 0) is 69.3 Å². The third-order valence-corrected chi connectivity index (χ3v) is 5.39. The van der Waals surface area contributed by atoms with Crippen molar-refractivity contribution in [2.75, 3.05) is 26.2 Å². The Labute approximate surface area is 145 Å². The van der Waals surface area contributed by atoms with Crippen LogP contribution < -0.4 is 10.1 Å². The van der Waals surface area contributed by atoms with E-state index in [9.17, 15) is 4.79 Å². The van der Waals surface area contributed by atoms with E-state index in [0.717, 1.165) is 17.9 Å². The van der Waals surface area contributed by atoms with Crippen LogP contribution >= 0.6 is 0 Å². The first kappa shape index (κ1) is 17.3. The van der Waals surface area contributed by atoms with Gasteiger partial charge in [-0.1, -0.05) is 18.6 Å². The Balaban J connectivity index is 1.46. The van der Waals surface area contributed by atoms with Gasteiger partial charge in [0, 0.05) is 12.6 Å². The molecule has 0 saturated carbocycles. The summed E-state index contributed by atoms with van der Waals surface area (Å²) in [5.74, 6) is 1.62. The number of hydrogen-bond donors (Lipinski definition) is 1. The lowest BCUT2D eigenvalue weighted by atomic mass is 9.83. The van der Waals surface area contributed by atoms with E-state index in [4.69, 9.17) is 4.74 Å². The highest BCUT2D eigenvalue weighted by Crippen LogP contribution is 2.30. The highest BCUT2D eigenvalue weighted by atomic mass is 16.5. The monoisotopic (exact) mass is 330 g/mol. The standard InChI is InChI=1S/C20H30N2O2/c1-2-24-18-10-8-16(9-11-18)14-20(23)21-15-17-6-5-13-22-12-4-3-7-19(17)22/h8-11,17,19H,2-7,12-15H2,1H3,(H,21,23)/t17-,19?/m0/s1. The molecule has 2 aliphatic rings. The number of hydrogen-bond acceptors (Lipinski definition) is 3. The molecule has 4 nitrogen and oxygen atoms in total. The number of piperidine rings is 2. The first-order valence-electron chi connectivity index (χ1n) is 9.48. The average molecular weight is 330 g/mol. The Kier molecular flexibility index (Phi) is 6.13. The highest BCUT2D eigenvalue weighted by molar-refractivity contribution is 5.78. The summed E-state index contributed by atoms with van der Waals surface area (Å²) in [6.45, 7) is 5.97. The maximum absolute atomic E-state index is 12.3. The summed E-state index contributed by atoms with van der Waals surface area (Å²) in [7, 11) is 0. The summed E-state index contributed by atoms with van der Waals surface area (Å²) in [5, 5.41) is 3.18. The molecule has 3 rings (SSSR count). The van der Waals surface area contributed by atoms with Gasteiger partial charge in [0.05, 0.1) is 13.0 Å². The number of carbonyl (C=O) groups is 1. The molecule has 1 amide bonds. The van der Waals surface area contributed by atoms with E-state index in [0.29, 0.717) is 25.0 Å². The molecule has 2 heterocycles. The molecule has 24 heavy (non-hydrogen) atoms. The lowest BCUT2D eigenvalue weighted by Crippen LogP contribution is -2.51. The molecule has 1 aromatic carbocycles. The second-order valence-corrected chi connectivity index (χ2v) is 7.06. The van der Waals surface area contributed by atoms with Gasteiger partial charge in [-0.3, -0.25) is 4.79 Å². The molecule has 0 aromatic heterocycles. The molecule has 4 heteroatoms. The molecule has 2 saturated heterocycles. The van der Waals surface area contributed by atoms with E-state index in [2.05, 4.69) is 10.2 Å². The van der Waals surface area contributed by atoms with Crippen molar-refractivity contribution in [2.45, 2.75) is 51.5 Å². The number of nitrogens with one attached hydrogen (secondary N) is 1. The van der Waals surface area contributed by atoms with Crippen molar-refractivity contribution in [3.63, 3.8) is 0 Å². The van der Waals surface area contributed by atoms with Gasteiger partial charge in [-0.25, -0.2) is 0 Å². The Morgan fingerprint density at radius 2 is 1.96 bits per heavy atom. The van der Waals surface area contributed by atoms with Gasteiger partial charge in [-0.15, -0.1) is 0 Å². The Bertz CT molecular complexity index is 527. The molecular formula is C20H30N2O2. The van der Waals surface area contributed by atoms with Crippen molar-refractivity contribution < 1.29 is 9.53 Å². The van der Waals surface area contributed by atoms with Gasteiger partial charge in [0.1, 0.15) is 5.75 Å². The van der Waals surface area contributed by atoms with Gasteiger partial charge in [0.15, 0.2) is 0 Å². The molecular weight excluding hydrogens is 300 g/mol. The lowest BCUT2D eigenvalue weighted by Gasteiger charge is -2.44. The average Bonchev–Trinajstić information content (AvgIpc) is 2.62. The van der Waals surface area contributed by atoms with Crippen molar-refractivity contribution in [1.82, 2.24) is 10.2 Å². The van der Waals surface area contributed by atoms with Crippen LogP contribution in [0.1, 0.15) is 44.6 Å². The fourth-order valence-electron chi connectivity index (χ4n) is 4.18. The first-order valence-corrected chi connectivity index (χ1v) is 9.48. The lowest BCUT2D eigenvalue weighted by molar-refractivity contribution is -0.120. The summed E-state index contributed by atoms with van der Waals surface area (Å²) >= 11 is 0. The number of rotatable bonds is 6. The molecule has 132 valence electrons. The van der Waals surface area contributed by atoms with Crippen molar-refractivity contribution >= 4 is 5.91 Å². The minimum Gasteiger partial charge on any atom is -0.494 e. The largest absolute Gasteiger partial charge is 0.494 e. The van der Waals surface area contributed by atoms with Crippen molar-refractivity contribution in [3.8, 4) is 5.75 Å². The van der Waals surface area contributed by atoms with Crippen LogP contribution in [0.5, 0.6) is 5.75 Å². The molecule has 2 aliphatic heterocycles. The van der Waals surface area contributed by atoms with Gasteiger partial charge in [0.25, 0.3) is 0 Å². The molecule has 0 spiro atoms. The Morgan fingerprint density at radius 1 is 1.17 bits per heavy atom. The number of nitrogens with zero attached hydrogens (tertiary/aromatic N) is 1. The maximum Gasteiger partial charge on any atom is 0.224 e. The number of amides is 1. The highest BCUT2D eigenvalue weighted by Gasteiger charge is 2.32. The minimum absolute atomic E-state index is 0.132. The van der Waals surface area contributed by atoms with Crippen LogP contribution in [-0.2, 0) is 11.2 Å². The van der Waals surface area contributed by atoms with Crippen LogP contribution in [0, 0.1) is 5.92 Å². The van der Waals surface area contributed by atoms with Gasteiger partial charge in [-0.2, -0.15) is 0 Å². The summed E-state index contributed by atoms with van der Waals surface area (Å²) in [6.07, 6.45) is 6.97. The third-order valence-electron chi connectivity index (χ3n) is 5.39. The van der Waals surface area contributed by atoms with Gasteiger partial charge < -0.3 is 15.0 Å². The van der Waals surface area contributed by atoms with Crippen LogP contribution in [0.15, 0.2) is 24.3 Å². The predicted octanol–water partition coefficient (Wildman–Crippen LogP) is 3.01. The van der Waals surface area contributed by atoms with Gasteiger partial charge >= 0.3 is 0 Å². The molecule has 2 atom stereocenters. The zero-order valence-corrected chi connectivity index (χ0v) is 14.8. The summed E-state index contributed by atoms with van der Waals surface area (Å²) in [5.41, 5.74) is 1.04. The normalized spacial score (nSPS) is 24.2. The molecule has 1 aromatic rings. The summed E-state index contributed by atoms with van der Waals surface area (Å²) < 4.78 is 5.44. The quantitative estimate of drug-likeness (QED) is 0.872. The SMILES string of the molecule is CCOc1ccc(CC(=O)NC[C@@H]2CCCN3CCCCC23)cc1. The number of ether oxygens (including phenoxy) is 1. The molecule has 0 bridgehead atoms. The van der Waals surface area contributed by atoms with E-state index in [-0.39, 0.29) is 5.91 Å². The van der Waals surface area contributed by atoms with Crippen LogP contribution in [0.25, 0.3) is 0 Å². The van der Waals surface area contributed by atoms with Crippen LogP contribution in [-0.4, -0.2) is 43.1 Å². The minimum atomic E-state index is 0.132. The van der Waals surface area contributed by atoms with Crippen LogP contribution in [0.4, 0.5) is 0 Å². The van der Waals surface area contributed by atoms with E-state index in [1.54, 1.807) is 0 Å². The van der Waals surface area contributed by atoms with E-state index in [1.807, 2.05) is 31.2 Å². The molecule has 1 unspecified atom stereocenters. The van der Waals surface area contributed by atoms with E-state index in [1.165, 1.54) is 45.2 Å². The number of carbonyl (C=O) groups excluding carboxylic acids is 1. The molecule has 2 fully saturated rings. The molecule has 0 radical (unpaired) electrons. The van der Waals surface area contributed by atoms with Crippen molar-refractivity contribution in [3.05, 3.63) is 29.8 Å². The molecule has 1 N–H and O–H groups in total. The van der Waals surface area contributed by atoms with Crippen LogP contribution in [0.2, 0.25) is 0 Å². The number of benzene rings is 1. The van der Waals surface area contributed by atoms with Crippen molar-refractivity contribution in [2.24, 2.45) is 5.92 Å². The summed E-state index contributed by atoms with van der Waals surface area (Å²) in [6, 6.07) is 8.53. The Hall–Kier alpha value is -1.55. The summed E-state index contributed by atoms with van der Waals surface area (Å²) in [4.78, 5) is 14.9. The maximum atomic E-state index is 12.3. The zero-order valence-electron chi connectivity index (χ0n) is 14.8. The Morgan fingerprint density at radius 3 is 2.75 bits per heavy atom. The van der Waals surface area contributed by atoms with Gasteiger partial charge in [0.2, 0.25) is 5.91 Å². The second-order valence-electron chi connectivity index (χ2n) is 7.06. The molecule has 0 aliphatic carbocycles. The topological polar surface area (TPSA) is 41.6 Å². The predicted molar refractivity (Wildman–Crippen MR) is 96.3 cm³/mol. The van der Waals surface area contributed by atoms with E-state index >= 15 is 0 Å². The smallest absolute Gasteiger partial charge is 0.224 e.